The van der Waals surface area contributed by atoms with Crippen molar-refractivity contribution in [2.75, 3.05) is 32.0 Å². The molecule has 0 aromatic heterocycles. The normalized spacial score (nSPS) is 28.9. The van der Waals surface area contributed by atoms with Crippen LogP contribution in [0.1, 0.15) is 39.0 Å². The first kappa shape index (κ1) is 18.2. The summed E-state index contributed by atoms with van der Waals surface area (Å²) in [6, 6.07) is 0.118. The summed E-state index contributed by atoms with van der Waals surface area (Å²) in [6.45, 7) is 4.94. The van der Waals surface area contributed by atoms with Crippen LogP contribution in [0, 0.1) is 0 Å². The van der Waals surface area contributed by atoms with Crippen molar-refractivity contribution < 1.29 is 13.2 Å². The van der Waals surface area contributed by atoms with Gasteiger partial charge in [-0.2, -0.15) is 4.31 Å². The van der Waals surface area contributed by atoms with Gasteiger partial charge in [-0.25, -0.2) is 8.42 Å². The van der Waals surface area contributed by atoms with Crippen molar-refractivity contribution in [2.24, 2.45) is 0 Å². The molecule has 2 unspecified atom stereocenters. The van der Waals surface area contributed by atoms with E-state index < -0.39 is 10.0 Å². The second kappa shape index (κ2) is 8.54. The Kier molecular flexibility index (Phi) is 7.75. The topological polar surface area (TPSA) is 58.6 Å². The van der Waals surface area contributed by atoms with Gasteiger partial charge in [0.05, 0.1) is 11.9 Å². The van der Waals surface area contributed by atoms with Gasteiger partial charge in [-0.1, -0.05) is 13.3 Å². The number of hydrogen-bond donors (Lipinski definition) is 1. The third kappa shape index (κ3) is 4.84. The van der Waals surface area contributed by atoms with E-state index in [1.54, 1.807) is 4.31 Å². The number of hydrogen-bond acceptors (Lipinski definition) is 4. The molecule has 0 aromatic rings. The number of halogens is 1. The van der Waals surface area contributed by atoms with Crippen LogP contribution in [0.3, 0.4) is 0 Å². The van der Waals surface area contributed by atoms with E-state index in [1.165, 1.54) is 0 Å². The molecule has 20 heavy (non-hydrogen) atoms. The summed E-state index contributed by atoms with van der Waals surface area (Å²) in [7, 11) is -3.19. The molecule has 0 saturated carbocycles. The summed E-state index contributed by atoms with van der Waals surface area (Å²) in [5.41, 5.74) is 0. The lowest BCUT2D eigenvalue weighted by Crippen LogP contribution is -2.54. The van der Waals surface area contributed by atoms with Crippen LogP contribution >= 0.6 is 12.4 Å². The molecule has 7 heteroatoms. The van der Waals surface area contributed by atoms with Crippen LogP contribution in [-0.2, 0) is 14.8 Å². The highest BCUT2D eigenvalue weighted by Crippen LogP contribution is 2.20. The zero-order valence-electron chi connectivity index (χ0n) is 12.2. The molecule has 5 nitrogen and oxygen atoms in total. The van der Waals surface area contributed by atoms with Gasteiger partial charge >= 0.3 is 0 Å². The highest BCUT2D eigenvalue weighted by Gasteiger charge is 2.33. The maximum absolute atomic E-state index is 12.6. The van der Waals surface area contributed by atoms with E-state index in [9.17, 15) is 8.42 Å². The third-order valence-corrected chi connectivity index (χ3v) is 5.93. The van der Waals surface area contributed by atoms with Gasteiger partial charge < -0.3 is 10.1 Å². The highest BCUT2D eigenvalue weighted by molar-refractivity contribution is 7.89. The van der Waals surface area contributed by atoms with E-state index in [-0.39, 0.29) is 30.3 Å². The Balaban J connectivity index is 0.00000200. The minimum atomic E-state index is -3.19. The lowest BCUT2D eigenvalue weighted by molar-refractivity contribution is 0.0296. The molecule has 2 heterocycles. The van der Waals surface area contributed by atoms with Gasteiger partial charge in [-0.05, 0) is 25.7 Å². The molecule has 2 atom stereocenters. The fraction of sp³-hybridized carbons (Fsp3) is 1.00. The summed E-state index contributed by atoms with van der Waals surface area (Å²) in [5.74, 6) is 0.160. The summed E-state index contributed by atoms with van der Waals surface area (Å²) in [4.78, 5) is 0. The van der Waals surface area contributed by atoms with E-state index in [4.69, 9.17) is 4.74 Å². The fourth-order valence-corrected chi connectivity index (χ4v) is 4.89. The zero-order chi connectivity index (χ0) is 13.7. The summed E-state index contributed by atoms with van der Waals surface area (Å²) >= 11 is 0. The van der Waals surface area contributed by atoms with Crippen molar-refractivity contribution in [1.82, 2.24) is 9.62 Å². The van der Waals surface area contributed by atoms with Gasteiger partial charge in [0.2, 0.25) is 10.0 Å². The van der Waals surface area contributed by atoms with E-state index in [1.807, 2.05) is 0 Å². The van der Waals surface area contributed by atoms with Crippen molar-refractivity contribution in [2.45, 2.75) is 51.2 Å². The van der Waals surface area contributed by atoms with Crippen LogP contribution in [0.25, 0.3) is 0 Å². The van der Waals surface area contributed by atoms with Gasteiger partial charge in [-0.3, -0.25) is 0 Å². The molecular weight excluding hydrogens is 300 g/mol. The van der Waals surface area contributed by atoms with E-state index in [0.717, 1.165) is 45.2 Å². The Labute approximate surface area is 128 Å². The maximum atomic E-state index is 12.6. The Morgan fingerprint density at radius 3 is 2.80 bits per heavy atom. The number of nitrogens with zero attached hydrogens (tertiary/aromatic N) is 1. The van der Waals surface area contributed by atoms with Crippen LogP contribution in [-0.4, -0.2) is 56.9 Å². The number of piperazine rings is 1. The average Bonchev–Trinajstić information content (AvgIpc) is 2.40. The molecule has 2 aliphatic heterocycles. The first-order chi connectivity index (χ1) is 9.13. The van der Waals surface area contributed by atoms with Gasteiger partial charge in [0.15, 0.2) is 0 Å². The van der Waals surface area contributed by atoms with Gasteiger partial charge in [0, 0.05) is 32.3 Å². The second-order valence-corrected chi connectivity index (χ2v) is 7.49. The van der Waals surface area contributed by atoms with Gasteiger partial charge in [-0.15, -0.1) is 12.4 Å². The van der Waals surface area contributed by atoms with E-state index in [2.05, 4.69) is 12.2 Å². The Morgan fingerprint density at radius 2 is 2.15 bits per heavy atom. The molecule has 120 valence electrons. The van der Waals surface area contributed by atoms with Crippen LogP contribution < -0.4 is 5.32 Å². The van der Waals surface area contributed by atoms with Crippen LogP contribution in [0.5, 0.6) is 0 Å². The van der Waals surface area contributed by atoms with Crippen molar-refractivity contribution in [3.63, 3.8) is 0 Å². The zero-order valence-corrected chi connectivity index (χ0v) is 13.8. The van der Waals surface area contributed by atoms with Crippen molar-refractivity contribution in [3.05, 3.63) is 0 Å². The minimum absolute atomic E-state index is 0. The largest absolute Gasteiger partial charge is 0.377 e. The fourth-order valence-electron chi connectivity index (χ4n) is 2.96. The molecule has 0 radical (unpaired) electrons. The van der Waals surface area contributed by atoms with E-state index >= 15 is 0 Å². The molecule has 0 aromatic carbocycles. The lowest BCUT2D eigenvalue weighted by Gasteiger charge is -2.36. The first-order valence-corrected chi connectivity index (χ1v) is 9.06. The monoisotopic (exact) mass is 326 g/mol. The molecule has 2 fully saturated rings. The molecule has 2 rings (SSSR count). The molecule has 0 spiro atoms. The minimum Gasteiger partial charge on any atom is -0.377 e. The predicted octanol–water partition coefficient (Wildman–Crippen LogP) is 1.38. The summed E-state index contributed by atoms with van der Waals surface area (Å²) in [5, 5.41) is 3.29. The van der Waals surface area contributed by atoms with E-state index in [0.29, 0.717) is 13.2 Å². The molecule has 1 N–H and O–H groups in total. The highest BCUT2D eigenvalue weighted by atomic mass is 35.5. The number of nitrogens with one attached hydrogen (secondary N) is 1. The van der Waals surface area contributed by atoms with Crippen LogP contribution in [0.15, 0.2) is 0 Å². The number of ether oxygens (including phenoxy) is 1. The average molecular weight is 327 g/mol. The van der Waals surface area contributed by atoms with Gasteiger partial charge in [0.25, 0.3) is 0 Å². The molecular formula is C13H27ClN2O3S. The Bertz CT molecular complexity index is 370. The van der Waals surface area contributed by atoms with Crippen molar-refractivity contribution >= 4 is 22.4 Å². The second-order valence-electron chi connectivity index (χ2n) is 5.52. The van der Waals surface area contributed by atoms with Crippen LogP contribution in [0.4, 0.5) is 0 Å². The van der Waals surface area contributed by atoms with Gasteiger partial charge in [0.1, 0.15) is 0 Å². The molecule has 0 bridgehead atoms. The van der Waals surface area contributed by atoms with Crippen LogP contribution in [0.2, 0.25) is 0 Å². The molecule has 0 aliphatic carbocycles. The number of rotatable bonds is 5. The smallest absolute Gasteiger partial charge is 0.216 e. The Morgan fingerprint density at radius 1 is 1.35 bits per heavy atom. The van der Waals surface area contributed by atoms with Crippen molar-refractivity contribution in [3.8, 4) is 0 Å². The summed E-state index contributed by atoms with van der Waals surface area (Å²) < 4.78 is 32.4. The molecule has 2 aliphatic rings. The quantitative estimate of drug-likeness (QED) is 0.829. The third-order valence-electron chi connectivity index (χ3n) is 3.95. The summed E-state index contributed by atoms with van der Waals surface area (Å²) in [6.07, 6.45) is 4.86. The lowest BCUT2D eigenvalue weighted by atomic mass is 10.1. The first-order valence-electron chi connectivity index (χ1n) is 7.45. The standard InChI is InChI=1S/C13H26N2O3S.ClH/c1-2-5-12-10-14-7-8-15(12)19(16,17)11-13-6-3-4-9-18-13;/h12-14H,2-11H2,1H3;1H. The number of sulfonamides is 1. The maximum Gasteiger partial charge on any atom is 0.216 e. The molecule has 0 amide bonds. The predicted molar refractivity (Wildman–Crippen MR) is 82.9 cm³/mol. The SMILES string of the molecule is CCCC1CNCCN1S(=O)(=O)CC1CCCCO1.Cl. The molecule has 2 saturated heterocycles. The Hall–Kier alpha value is 0.120. The van der Waals surface area contributed by atoms with Crippen molar-refractivity contribution in [1.29, 1.82) is 0 Å².